The van der Waals surface area contributed by atoms with Gasteiger partial charge in [0.15, 0.2) is 5.82 Å². The molecule has 0 unspecified atom stereocenters. The standard InChI is InChI=1S/C15H19N3O/c1-2-4-13(5-3-1)10-14-6-8-18(9-7-14)11-15-16-12-19-17-15/h1-5,12,14H,6-11H2. The molecule has 2 aromatic rings. The van der Waals surface area contributed by atoms with Gasteiger partial charge in [0.2, 0.25) is 6.39 Å². The van der Waals surface area contributed by atoms with Gasteiger partial charge in [0, 0.05) is 0 Å². The average Bonchev–Trinajstić information content (AvgIpc) is 2.95. The van der Waals surface area contributed by atoms with Crippen LogP contribution < -0.4 is 0 Å². The molecule has 1 aliphatic rings. The minimum absolute atomic E-state index is 0.793. The van der Waals surface area contributed by atoms with Gasteiger partial charge in [-0.05, 0) is 43.8 Å². The lowest BCUT2D eigenvalue weighted by Gasteiger charge is -2.31. The molecule has 1 aliphatic heterocycles. The van der Waals surface area contributed by atoms with Crippen molar-refractivity contribution < 1.29 is 4.52 Å². The maximum Gasteiger partial charge on any atom is 0.213 e. The van der Waals surface area contributed by atoms with Gasteiger partial charge in [0.05, 0.1) is 6.54 Å². The summed E-state index contributed by atoms with van der Waals surface area (Å²) < 4.78 is 4.77. The maximum atomic E-state index is 4.77. The van der Waals surface area contributed by atoms with E-state index in [2.05, 4.69) is 45.4 Å². The number of aromatic nitrogens is 2. The third-order valence-corrected chi connectivity index (χ3v) is 3.85. The third-order valence-electron chi connectivity index (χ3n) is 3.85. The van der Waals surface area contributed by atoms with E-state index in [1.54, 1.807) is 0 Å². The fraction of sp³-hybridized carbons (Fsp3) is 0.467. The monoisotopic (exact) mass is 257 g/mol. The van der Waals surface area contributed by atoms with E-state index in [1.165, 1.54) is 31.2 Å². The zero-order valence-corrected chi connectivity index (χ0v) is 11.0. The summed E-state index contributed by atoms with van der Waals surface area (Å²) in [5.41, 5.74) is 1.46. The molecule has 1 fully saturated rings. The molecule has 0 atom stereocenters. The van der Waals surface area contributed by atoms with Gasteiger partial charge in [-0.2, -0.15) is 4.98 Å². The molecule has 2 heterocycles. The van der Waals surface area contributed by atoms with Crippen LogP contribution in [0.4, 0.5) is 0 Å². The highest BCUT2D eigenvalue weighted by Gasteiger charge is 2.20. The van der Waals surface area contributed by atoms with Crippen molar-refractivity contribution >= 4 is 0 Å². The van der Waals surface area contributed by atoms with Crippen LogP contribution in [0.5, 0.6) is 0 Å². The maximum absolute atomic E-state index is 4.77. The van der Waals surface area contributed by atoms with Crippen LogP contribution >= 0.6 is 0 Å². The van der Waals surface area contributed by atoms with Crippen molar-refractivity contribution in [3.8, 4) is 0 Å². The number of nitrogens with zero attached hydrogens (tertiary/aromatic N) is 3. The van der Waals surface area contributed by atoms with Crippen LogP contribution in [0.25, 0.3) is 0 Å². The Morgan fingerprint density at radius 2 is 1.95 bits per heavy atom. The minimum atomic E-state index is 0.793. The zero-order chi connectivity index (χ0) is 12.9. The summed E-state index contributed by atoms with van der Waals surface area (Å²) in [4.78, 5) is 6.49. The van der Waals surface area contributed by atoms with E-state index in [0.29, 0.717) is 0 Å². The molecule has 3 rings (SSSR count). The van der Waals surface area contributed by atoms with Crippen LogP contribution in [-0.4, -0.2) is 28.1 Å². The summed E-state index contributed by atoms with van der Waals surface area (Å²) in [5.74, 6) is 1.60. The van der Waals surface area contributed by atoms with Gasteiger partial charge in [-0.1, -0.05) is 35.5 Å². The number of hydrogen-bond donors (Lipinski definition) is 0. The van der Waals surface area contributed by atoms with Gasteiger partial charge < -0.3 is 4.52 Å². The third kappa shape index (κ3) is 3.41. The Balaban J connectivity index is 1.47. The zero-order valence-electron chi connectivity index (χ0n) is 11.0. The number of hydrogen-bond acceptors (Lipinski definition) is 4. The van der Waals surface area contributed by atoms with E-state index in [1.807, 2.05) is 0 Å². The lowest BCUT2D eigenvalue weighted by Crippen LogP contribution is -2.34. The predicted molar refractivity (Wildman–Crippen MR) is 72.4 cm³/mol. The second-order valence-corrected chi connectivity index (χ2v) is 5.26. The fourth-order valence-corrected chi connectivity index (χ4v) is 2.76. The largest absolute Gasteiger partial charge is 0.343 e. The number of rotatable bonds is 4. The van der Waals surface area contributed by atoms with Crippen LogP contribution in [0.15, 0.2) is 41.2 Å². The first-order valence-corrected chi connectivity index (χ1v) is 6.91. The normalized spacial score (nSPS) is 17.7. The van der Waals surface area contributed by atoms with Crippen LogP contribution in [0.1, 0.15) is 24.2 Å². The molecule has 1 aromatic carbocycles. The van der Waals surface area contributed by atoms with E-state index in [4.69, 9.17) is 4.52 Å². The molecule has 1 aromatic heterocycles. The van der Waals surface area contributed by atoms with Gasteiger partial charge in [-0.3, -0.25) is 4.90 Å². The Morgan fingerprint density at radius 1 is 1.16 bits per heavy atom. The summed E-state index contributed by atoms with van der Waals surface area (Å²) in [5, 5.41) is 3.87. The molecular weight excluding hydrogens is 238 g/mol. The molecule has 0 radical (unpaired) electrons. The molecule has 0 spiro atoms. The Bertz CT molecular complexity index is 475. The molecule has 19 heavy (non-hydrogen) atoms. The molecule has 0 N–H and O–H groups in total. The Morgan fingerprint density at radius 3 is 2.63 bits per heavy atom. The van der Waals surface area contributed by atoms with E-state index >= 15 is 0 Å². The van der Waals surface area contributed by atoms with Crippen LogP contribution in [0, 0.1) is 5.92 Å². The number of likely N-dealkylation sites (tertiary alicyclic amines) is 1. The lowest BCUT2D eigenvalue weighted by atomic mass is 9.90. The Labute approximate surface area is 113 Å². The fourth-order valence-electron chi connectivity index (χ4n) is 2.76. The van der Waals surface area contributed by atoms with Gasteiger partial charge in [-0.15, -0.1) is 0 Å². The Hall–Kier alpha value is -1.68. The minimum Gasteiger partial charge on any atom is -0.343 e. The predicted octanol–water partition coefficient (Wildman–Crippen LogP) is 2.52. The quantitative estimate of drug-likeness (QED) is 0.844. The lowest BCUT2D eigenvalue weighted by molar-refractivity contribution is 0.172. The van der Waals surface area contributed by atoms with Gasteiger partial charge in [-0.25, -0.2) is 0 Å². The SMILES string of the molecule is c1ccc(CC2CCN(Cc3ncon3)CC2)cc1. The number of benzene rings is 1. The van der Waals surface area contributed by atoms with Crippen molar-refractivity contribution in [2.45, 2.75) is 25.8 Å². The van der Waals surface area contributed by atoms with Gasteiger partial charge in [0.1, 0.15) is 0 Å². The van der Waals surface area contributed by atoms with E-state index in [-0.39, 0.29) is 0 Å². The van der Waals surface area contributed by atoms with E-state index in [9.17, 15) is 0 Å². The van der Waals surface area contributed by atoms with E-state index < -0.39 is 0 Å². The first-order chi connectivity index (χ1) is 9.40. The molecule has 100 valence electrons. The molecule has 0 amide bonds. The van der Waals surface area contributed by atoms with E-state index in [0.717, 1.165) is 31.4 Å². The second kappa shape index (κ2) is 5.97. The van der Waals surface area contributed by atoms with Crippen LogP contribution in [0.2, 0.25) is 0 Å². The first kappa shape index (κ1) is 12.4. The molecular formula is C15H19N3O. The van der Waals surface area contributed by atoms with Crippen LogP contribution in [-0.2, 0) is 13.0 Å². The van der Waals surface area contributed by atoms with Crippen molar-refractivity contribution in [1.82, 2.24) is 15.0 Å². The average molecular weight is 257 g/mol. The summed E-state index contributed by atoms with van der Waals surface area (Å²) in [6.45, 7) is 3.08. The molecule has 4 heteroatoms. The molecule has 0 aliphatic carbocycles. The van der Waals surface area contributed by atoms with Crippen molar-refractivity contribution in [2.75, 3.05) is 13.1 Å². The highest BCUT2D eigenvalue weighted by atomic mass is 16.5. The summed E-state index contributed by atoms with van der Waals surface area (Å²) >= 11 is 0. The highest BCUT2D eigenvalue weighted by molar-refractivity contribution is 5.15. The number of piperidine rings is 1. The summed E-state index contributed by atoms with van der Waals surface area (Å²) in [6, 6.07) is 10.8. The van der Waals surface area contributed by atoms with Gasteiger partial charge in [0.25, 0.3) is 0 Å². The highest BCUT2D eigenvalue weighted by Crippen LogP contribution is 2.22. The smallest absolute Gasteiger partial charge is 0.213 e. The first-order valence-electron chi connectivity index (χ1n) is 6.91. The summed E-state index contributed by atoms with van der Waals surface area (Å²) in [6.07, 6.45) is 5.12. The molecule has 0 saturated carbocycles. The van der Waals surface area contributed by atoms with Crippen molar-refractivity contribution in [2.24, 2.45) is 5.92 Å². The summed E-state index contributed by atoms with van der Waals surface area (Å²) in [7, 11) is 0. The topological polar surface area (TPSA) is 42.2 Å². The van der Waals surface area contributed by atoms with Crippen molar-refractivity contribution in [1.29, 1.82) is 0 Å². The van der Waals surface area contributed by atoms with Crippen LogP contribution in [0.3, 0.4) is 0 Å². The van der Waals surface area contributed by atoms with Crippen molar-refractivity contribution in [3.63, 3.8) is 0 Å². The van der Waals surface area contributed by atoms with Crippen molar-refractivity contribution in [3.05, 3.63) is 48.1 Å². The molecule has 1 saturated heterocycles. The molecule has 0 bridgehead atoms. The van der Waals surface area contributed by atoms with Gasteiger partial charge >= 0.3 is 0 Å². The Kier molecular flexibility index (Phi) is 3.89. The molecule has 4 nitrogen and oxygen atoms in total. The second-order valence-electron chi connectivity index (χ2n) is 5.26.